The van der Waals surface area contributed by atoms with Crippen LogP contribution < -0.4 is 0 Å². The van der Waals surface area contributed by atoms with Crippen LogP contribution in [0.4, 0.5) is 8.78 Å². The number of ether oxygens (including phenoxy) is 1. The Kier molecular flexibility index (Phi) is 6.75. The van der Waals surface area contributed by atoms with E-state index in [0.29, 0.717) is 13.0 Å². The molecule has 0 bridgehead atoms. The van der Waals surface area contributed by atoms with E-state index in [4.69, 9.17) is 4.74 Å². The minimum Gasteiger partial charge on any atom is -0.368 e. The summed E-state index contributed by atoms with van der Waals surface area (Å²) in [5.41, 5.74) is 2.73. The number of hydrogen-bond donors (Lipinski definition) is 1. The molecule has 0 aliphatic rings. The molecule has 0 aliphatic carbocycles. The Morgan fingerprint density at radius 1 is 1.05 bits per heavy atom. The molecule has 1 N–H and O–H groups in total. The Hall–Kier alpha value is -1.00. The Balaban J connectivity index is 3.35. The summed E-state index contributed by atoms with van der Waals surface area (Å²) >= 11 is 0. The lowest BCUT2D eigenvalue weighted by Crippen LogP contribution is -2.18. The van der Waals surface area contributed by atoms with Crippen molar-refractivity contribution in [2.75, 3.05) is 6.61 Å². The zero-order valence-electron chi connectivity index (χ0n) is 13.5. The van der Waals surface area contributed by atoms with Crippen molar-refractivity contribution in [2.24, 2.45) is 0 Å². The second-order valence-electron chi connectivity index (χ2n) is 5.90. The zero-order valence-corrected chi connectivity index (χ0v) is 13.5. The fraction of sp³-hybridized carbons (Fsp3) is 0.647. The lowest BCUT2D eigenvalue weighted by molar-refractivity contribution is -0.0930. The van der Waals surface area contributed by atoms with Crippen LogP contribution in [0.2, 0.25) is 0 Å². The summed E-state index contributed by atoms with van der Waals surface area (Å²) in [7, 11) is 0. The van der Waals surface area contributed by atoms with Crippen molar-refractivity contribution in [2.45, 2.75) is 65.6 Å². The average Bonchev–Trinajstić information content (AvgIpc) is 2.37. The summed E-state index contributed by atoms with van der Waals surface area (Å²) in [5, 5.41) is 9.92. The van der Waals surface area contributed by atoms with Crippen molar-refractivity contribution < 1.29 is 18.6 Å². The smallest absolute Gasteiger partial charge is 0.263 e. The van der Waals surface area contributed by atoms with Gasteiger partial charge >= 0.3 is 0 Å². The summed E-state index contributed by atoms with van der Waals surface area (Å²) in [6.45, 7) is 10.1. The van der Waals surface area contributed by atoms with Crippen molar-refractivity contribution >= 4 is 0 Å². The van der Waals surface area contributed by atoms with E-state index in [1.165, 1.54) is 0 Å². The molecule has 120 valence electrons. The molecule has 0 amide bonds. The van der Waals surface area contributed by atoms with Gasteiger partial charge in [-0.25, -0.2) is 8.78 Å². The molecule has 0 radical (unpaired) electrons. The molecule has 0 fully saturated rings. The van der Waals surface area contributed by atoms with Gasteiger partial charge in [0, 0.05) is 18.6 Å². The van der Waals surface area contributed by atoms with E-state index in [2.05, 4.69) is 0 Å². The van der Waals surface area contributed by atoms with Crippen LogP contribution in [0.5, 0.6) is 0 Å². The van der Waals surface area contributed by atoms with Crippen LogP contribution in [-0.4, -0.2) is 18.0 Å². The van der Waals surface area contributed by atoms with Gasteiger partial charge in [0.05, 0.1) is 0 Å². The average molecular weight is 300 g/mol. The molecule has 0 spiro atoms. The van der Waals surface area contributed by atoms with Gasteiger partial charge < -0.3 is 9.84 Å². The van der Waals surface area contributed by atoms with Gasteiger partial charge in [0.2, 0.25) is 0 Å². The highest BCUT2D eigenvalue weighted by molar-refractivity contribution is 5.43. The van der Waals surface area contributed by atoms with Crippen molar-refractivity contribution in [1.29, 1.82) is 0 Å². The molecule has 0 aliphatic heterocycles. The monoisotopic (exact) mass is 300 g/mol. The Morgan fingerprint density at radius 2 is 1.52 bits per heavy atom. The van der Waals surface area contributed by atoms with Gasteiger partial charge in [0.1, 0.15) is 0 Å². The normalized spacial score (nSPS) is 13.5. The standard InChI is InChI=1S/C17H26F2O2/c1-6-21-16(20)9-15-13(10(2)3)7-12(17(18)19)8-14(15)11(4)5/h7-8,10-11,16-17,20H,6,9H2,1-5H3. The SMILES string of the molecule is CCOC(O)Cc1c(C(C)C)cc(C(F)F)cc1C(C)C. The van der Waals surface area contributed by atoms with E-state index in [-0.39, 0.29) is 17.4 Å². The molecule has 0 saturated heterocycles. The Bertz CT molecular complexity index is 427. The quantitative estimate of drug-likeness (QED) is 0.735. The van der Waals surface area contributed by atoms with Crippen LogP contribution >= 0.6 is 0 Å². The summed E-state index contributed by atoms with van der Waals surface area (Å²) < 4.78 is 31.4. The summed E-state index contributed by atoms with van der Waals surface area (Å²) in [6.07, 6.45) is -3.05. The molecule has 2 nitrogen and oxygen atoms in total. The Labute approximate surface area is 126 Å². The molecule has 0 saturated carbocycles. The molecular formula is C17H26F2O2. The van der Waals surface area contributed by atoms with Gasteiger partial charge in [-0.05, 0) is 47.6 Å². The number of halogens is 2. The minimum absolute atomic E-state index is 0.0528. The first kappa shape index (κ1) is 18.1. The maximum atomic E-state index is 13.1. The first-order valence-corrected chi connectivity index (χ1v) is 7.52. The van der Waals surface area contributed by atoms with E-state index in [1.54, 1.807) is 12.1 Å². The number of rotatable bonds is 7. The third-order valence-corrected chi connectivity index (χ3v) is 3.58. The molecular weight excluding hydrogens is 274 g/mol. The summed E-state index contributed by atoms with van der Waals surface area (Å²) in [6, 6.07) is 3.13. The van der Waals surface area contributed by atoms with E-state index in [0.717, 1.165) is 16.7 Å². The molecule has 21 heavy (non-hydrogen) atoms. The predicted octanol–water partition coefficient (Wildman–Crippen LogP) is 4.77. The molecule has 4 heteroatoms. The van der Waals surface area contributed by atoms with E-state index in [9.17, 15) is 13.9 Å². The topological polar surface area (TPSA) is 29.5 Å². The van der Waals surface area contributed by atoms with E-state index < -0.39 is 12.7 Å². The second-order valence-corrected chi connectivity index (χ2v) is 5.90. The minimum atomic E-state index is -2.48. The van der Waals surface area contributed by atoms with Crippen molar-refractivity contribution in [1.82, 2.24) is 0 Å². The van der Waals surface area contributed by atoms with E-state index in [1.807, 2.05) is 34.6 Å². The largest absolute Gasteiger partial charge is 0.368 e. The lowest BCUT2D eigenvalue weighted by Gasteiger charge is -2.23. The number of hydrogen-bond acceptors (Lipinski definition) is 2. The van der Waals surface area contributed by atoms with Crippen molar-refractivity contribution in [3.05, 3.63) is 34.4 Å². The fourth-order valence-electron chi connectivity index (χ4n) is 2.56. The van der Waals surface area contributed by atoms with Gasteiger partial charge in [-0.3, -0.25) is 0 Å². The van der Waals surface area contributed by atoms with Crippen LogP contribution in [0.15, 0.2) is 12.1 Å². The van der Waals surface area contributed by atoms with Crippen LogP contribution in [0, 0.1) is 0 Å². The number of aliphatic hydroxyl groups excluding tert-OH is 1. The van der Waals surface area contributed by atoms with E-state index >= 15 is 0 Å². The third kappa shape index (κ3) is 4.75. The molecule has 0 aromatic heterocycles. The van der Waals surface area contributed by atoms with Gasteiger partial charge in [-0.2, -0.15) is 0 Å². The highest BCUT2D eigenvalue weighted by atomic mass is 19.3. The fourth-order valence-corrected chi connectivity index (χ4v) is 2.56. The van der Waals surface area contributed by atoms with Gasteiger partial charge in [0.25, 0.3) is 6.43 Å². The van der Waals surface area contributed by atoms with Crippen LogP contribution in [0.25, 0.3) is 0 Å². The Morgan fingerprint density at radius 3 is 1.86 bits per heavy atom. The maximum Gasteiger partial charge on any atom is 0.263 e. The summed E-state index contributed by atoms with van der Waals surface area (Å²) in [4.78, 5) is 0. The van der Waals surface area contributed by atoms with Gasteiger partial charge in [0.15, 0.2) is 6.29 Å². The van der Waals surface area contributed by atoms with Crippen LogP contribution in [0.1, 0.15) is 75.1 Å². The van der Waals surface area contributed by atoms with Crippen molar-refractivity contribution in [3.63, 3.8) is 0 Å². The second kappa shape index (κ2) is 7.85. The van der Waals surface area contributed by atoms with Crippen molar-refractivity contribution in [3.8, 4) is 0 Å². The predicted molar refractivity (Wildman–Crippen MR) is 80.9 cm³/mol. The number of benzene rings is 1. The first-order valence-electron chi connectivity index (χ1n) is 7.52. The molecule has 0 heterocycles. The maximum absolute atomic E-state index is 13.1. The van der Waals surface area contributed by atoms with Gasteiger partial charge in [-0.1, -0.05) is 27.7 Å². The molecule has 1 rings (SSSR count). The molecule has 1 aromatic carbocycles. The molecule has 1 aromatic rings. The molecule has 1 unspecified atom stereocenters. The third-order valence-electron chi connectivity index (χ3n) is 3.58. The first-order chi connectivity index (χ1) is 9.77. The van der Waals surface area contributed by atoms with Crippen LogP contribution in [-0.2, 0) is 11.2 Å². The zero-order chi connectivity index (χ0) is 16.2. The van der Waals surface area contributed by atoms with Gasteiger partial charge in [-0.15, -0.1) is 0 Å². The highest BCUT2D eigenvalue weighted by Crippen LogP contribution is 2.33. The highest BCUT2D eigenvalue weighted by Gasteiger charge is 2.21. The lowest BCUT2D eigenvalue weighted by atomic mass is 9.85. The molecule has 1 atom stereocenters. The number of alkyl halides is 2. The number of aliphatic hydroxyl groups is 1. The van der Waals surface area contributed by atoms with Crippen LogP contribution in [0.3, 0.4) is 0 Å². The summed E-state index contributed by atoms with van der Waals surface area (Å²) in [5.74, 6) is 0.232.